The third kappa shape index (κ3) is 1.57. The van der Waals surface area contributed by atoms with Gasteiger partial charge >= 0.3 is 5.97 Å². The summed E-state index contributed by atoms with van der Waals surface area (Å²) in [5, 5.41) is 9.03. The van der Waals surface area contributed by atoms with E-state index < -0.39 is 23.4 Å². The molecule has 2 rings (SSSR count). The SMILES string of the molecule is COC(C(=O)O)C1(c2cccnc2F)CC1. The van der Waals surface area contributed by atoms with Crippen molar-refractivity contribution in [2.75, 3.05) is 7.11 Å². The van der Waals surface area contributed by atoms with E-state index in [9.17, 15) is 9.18 Å². The van der Waals surface area contributed by atoms with Crippen LogP contribution < -0.4 is 0 Å². The zero-order valence-electron chi connectivity index (χ0n) is 8.81. The molecule has 16 heavy (non-hydrogen) atoms. The number of hydrogen-bond acceptors (Lipinski definition) is 3. The van der Waals surface area contributed by atoms with Crippen molar-refractivity contribution in [3.05, 3.63) is 29.8 Å². The summed E-state index contributed by atoms with van der Waals surface area (Å²) in [6.07, 6.45) is 1.56. The first kappa shape index (κ1) is 11.0. The molecule has 1 heterocycles. The van der Waals surface area contributed by atoms with E-state index in [1.807, 2.05) is 0 Å². The van der Waals surface area contributed by atoms with Gasteiger partial charge < -0.3 is 9.84 Å². The van der Waals surface area contributed by atoms with E-state index in [1.54, 1.807) is 12.1 Å². The number of nitrogens with zero attached hydrogens (tertiary/aromatic N) is 1. The van der Waals surface area contributed by atoms with Crippen molar-refractivity contribution < 1.29 is 19.0 Å². The van der Waals surface area contributed by atoms with Crippen LogP contribution in [0.1, 0.15) is 18.4 Å². The van der Waals surface area contributed by atoms with Crippen molar-refractivity contribution in [1.29, 1.82) is 0 Å². The van der Waals surface area contributed by atoms with Crippen LogP contribution in [0.25, 0.3) is 0 Å². The largest absolute Gasteiger partial charge is 0.479 e. The molecule has 1 atom stereocenters. The summed E-state index contributed by atoms with van der Waals surface area (Å²) in [4.78, 5) is 14.6. The predicted octanol–water partition coefficient (Wildman–Crippen LogP) is 1.35. The van der Waals surface area contributed by atoms with Gasteiger partial charge in [0.25, 0.3) is 0 Å². The number of ether oxygens (including phenoxy) is 1. The standard InChI is InChI=1S/C11H12FNO3/c1-16-8(10(14)15)11(4-5-11)7-3-2-6-13-9(7)12/h2-3,6,8H,4-5H2,1H3,(H,14,15). The molecule has 1 aliphatic rings. The smallest absolute Gasteiger partial charge is 0.333 e. The van der Waals surface area contributed by atoms with E-state index in [4.69, 9.17) is 9.84 Å². The van der Waals surface area contributed by atoms with Gasteiger partial charge in [0.1, 0.15) is 0 Å². The monoisotopic (exact) mass is 225 g/mol. The van der Waals surface area contributed by atoms with E-state index in [0.29, 0.717) is 18.4 Å². The van der Waals surface area contributed by atoms with Gasteiger partial charge in [-0.15, -0.1) is 0 Å². The number of methoxy groups -OCH3 is 1. The summed E-state index contributed by atoms with van der Waals surface area (Å²) < 4.78 is 18.5. The predicted molar refractivity (Wildman–Crippen MR) is 53.5 cm³/mol. The zero-order chi connectivity index (χ0) is 11.8. The lowest BCUT2D eigenvalue weighted by Crippen LogP contribution is -2.36. The molecule has 0 aromatic carbocycles. The first-order chi connectivity index (χ1) is 7.62. The third-order valence-electron chi connectivity index (χ3n) is 3.05. The third-order valence-corrected chi connectivity index (χ3v) is 3.05. The van der Waals surface area contributed by atoms with Crippen LogP contribution in [0.3, 0.4) is 0 Å². The Hall–Kier alpha value is -1.49. The molecule has 86 valence electrons. The van der Waals surface area contributed by atoms with Gasteiger partial charge in [-0.25, -0.2) is 9.78 Å². The van der Waals surface area contributed by atoms with E-state index in [2.05, 4.69) is 4.98 Å². The lowest BCUT2D eigenvalue weighted by Gasteiger charge is -2.22. The highest BCUT2D eigenvalue weighted by molar-refractivity contribution is 5.76. The number of hydrogen-bond donors (Lipinski definition) is 1. The fourth-order valence-corrected chi connectivity index (χ4v) is 2.13. The molecular weight excluding hydrogens is 213 g/mol. The second-order valence-electron chi connectivity index (χ2n) is 3.95. The van der Waals surface area contributed by atoms with Crippen LogP contribution in [0, 0.1) is 5.95 Å². The number of aromatic nitrogens is 1. The van der Waals surface area contributed by atoms with E-state index in [0.717, 1.165) is 0 Å². The van der Waals surface area contributed by atoms with Crippen LogP contribution in [0.4, 0.5) is 4.39 Å². The molecule has 1 saturated carbocycles. The Balaban J connectivity index is 2.39. The fourth-order valence-electron chi connectivity index (χ4n) is 2.13. The molecule has 1 fully saturated rings. The van der Waals surface area contributed by atoms with Gasteiger partial charge in [0.05, 0.1) is 0 Å². The molecule has 0 aliphatic heterocycles. The van der Waals surface area contributed by atoms with Crippen LogP contribution in [-0.2, 0) is 14.9 Å². The van der Waals surface area contributed by atoms with Crippen LogP contribution in [0.5, 0.6) is 0 Å². The number of aliphatic carboxylic acids is 1. The minimum Gasteiger partial charge on any atom is -0.479 e. The molecule has 0 radical (unpaired) electrons. The van der Waals surface area contributed by atoms with Gasteiger partial charge in [0, 0.05) is 24.3 Å². The molecule has 0 amide bonds. The average Bonchev–Trinajstić information content (AvgIpc) is 3.00. The maximum Gasteiger partial charge on any atom is 0.333 e. The molecule has 1 aromatic heterocycles. The molecule has 0 saturated heterocycles. The summed E-state index contributed by atoms with van der Waals surface area (Å²) in [6, 6.07) is 3.18. The lowest BCUT2D eigenvalue weighted by molar-refractivity contribution is -0.150. The first-order valence-corrected chi connectivity index (χ1v) is 4.98. The Labute approximate surface area is 92.1 Å². The maximum atomic E-state index is 13.5. The summed E-state index contributed by atoms with van der Waals surface area (Å²) in [5.41, 5.74) is -0.400. The van der Waals surface area contributed by atoms with Gasteiger partial charge in [0.2, 0.25) is 5.95 Å². The highest BCUT2D eigenvalue weighted by Crippen LogP contribution is 2.52. The minimum absolute atomic E-state index is 0.337. The molecule has 1 aromatic rings. The number of carbonyl (C=O) groups is 1. The van der Waals surface area contributed by atoms with Gasteiger partial charge in [-0.2, -0.15) is 4.39 Å². The second-order valence-corrected chi connectivity index (χ2v) is 3.95. The molecule has 4 nitrogen and oxygen atoms in total. The molecule has 1 unspecified atom stereocenters. The summed E-state index contributed by atoms with van der Waals surface area (Å²) in [6.45, 7) is 0. The average molecular weight is 225 g/mol. The molecular formula is C11H12FNO3. The number of carboxylic acids is 1. The quantitative estimate of drug-likeness (QED) is 0.786. The molecule has 5 heteroatoms. The Morgan fingerprint density at radius 3 is 2.81 bits per heavy atom. The van der Waals surface area contributed by atoms with Crippen LogP contribution in [-0.4, -0.2) is 29.3 Å². The Morgan fingerprint density at radius 2 is 2.38 bits per heavy atom. The van der Waals surface area contributed by atoms with Gasteiger partial charge in [-0.05, 0) is 18.9 Å². The van der Waals surface area contributed by atoms with E-state index in [1.165, 1.54) is 13.3 Å². The highest BCUT2D eigenvalue weighted by Gasteiger charge is 2.56. The van der Waals surface area contributed by atoms with Gasteiger partial charge in [-0.1, -0.05) is 6.07 Å². The topological polar surface area (TPSA) is 59.4 Å². The number of rotatable bonds is 4. The first-order valence-electron chi connectivity index (χ1n) is 4.98. The van der Waals surface area contributed by atoms with Gasteiger partial charge in [-0.3, -0.25) is 0 Å². The summed E-state index contributed by atoms with van der Waals surface area (Å²) >= 11 is 0. The van der Waals surface area contributed by atoms with Crippen LogP contribution >= 0.6 is 0 Å². The number of halogens is 1. The van der Waals surface area contributed by atoms with Crippen molar-refractivity contribution in [1.82, 2.24) is 4.98 Å². The van der Waals surface area contributed by atoms with Crippen LogP contribution in [0.15, 0.2) is 18.3 Å². The van der Waals surface area contributed by atoms with Crippen molar-refractivity contribution in [3.63, 3.8) is 0 Å². The zero-order valence-corrected chi connectivity index (χ0v) is 8.81. The van der Waals surface area contributed by atoms with Crippen molar-refractivity contribution in [2.24, 2.45) is 0 Å². The maximum absolute atomic E-state index is 13.5. The fraction of sp³-hybridized carbons (Fsp3) is 0.455. The van der Waals surface area contributed by atoms with Gasteiger partial charge in [0.15, 0.2) is 6.10 Å². The highest BCUT2D eigenvalue weighted by atomic mass is 19.1. The Kier molecular flexibility index (Phi) is 2.63. The van der Waals surface area contributed by atoms with Crippen molar-refractivity contribution >= 4 is 5.97 Å². The Morgan fingerprint density at radius 1 is 1.69 bits per heavy atom. The van der Waals surface area contributed by atoms with Crippen molar-refractivity contribution in [3.8, 4) is 0 Å². The number of carboxylic acid groups (broad SMARTS) is 1. The molecule has 1 aliphatic carbocycles. The minimum atomic E-state index is -1.07. The van der Waals surface area contributed by atoms with Crippen LogP contribution in [0.2, 0.25) is 0 Å². The molecule has 0 spiro atoms. The second kappa shape index (κ2) is 3.83. The molecule has 0 bridgehead atoms. The summed E-state index contributed by atoms with van der Waals surface area (Å²) in [7, 11) is 1.33. The van der Waals surface area contributed by atoms with E-state index >= 15 is 0 Å². The van der Waals surface area contributed by atoms with E-state index in [-0.39, 0.29) is 0 Å². The normalized spacial score (nSPS) is 19.1. The number of pyridine rings is 1. The lowest BCUT2D eigenvalue weighted by atomic mass is 9.90. The Bertz CT molecular complexity index is 417. The van der Waals surface area contributed by atoms with Crippen molar-refractivity contribution in [2.45, 2.75) is 24.4 Å². The summed E-state index contributed by atoms with van der Waals surface area (Å²) in [5.74, 6) is -1.67. The molecule has 1 N–H and O–H groups in total.